The van der Waals surface area contributed by atoms with Gasteiger partial charge in [0.25, 0.3) is 0 Å². The highest BCUT2D eigenvalue weighted by Crippen LogP contribution is 2.41. The molecule has 50 heavy (non-hydrogen) atoms. The quantitative estimate of drug-likeness (QED) is 0.252. The van der Waals surface area contributed by atoms with Gasteiger partial charge in [0.05, 0.1) is 47.6 Å². The molecule has 3 aliphatic heterocycles. The van der Waals surface area contributed by atoms with Gasteiger partial charge in [-0.3, -0.25) is 9.59 Å². The molecule has 292 valence electrons. The second-order valence-electron chi connectivity index (χ2n) is 16.3. The maximum absolute atomic E-state index is 16.7. The van der Waals surface area contributed by atoms with Gasteiger partial charge < -0.3 is 54.1 Å². The molecule has 0 radical (unpaired) electrons. The minimum absolute atomic E-state index is 0.173. The summed E-state index contributed by atoms with van der Waals surface area (Å²) in [6, 6.07) is -0.391. The fourth-order valence-electron chi connectivity index (χ4n) is 8.20. The normalized spacial score (nSPS) is 50.5. The molecule has 18 atom stereocenters. The van der Waals surface area contributed by atoms with Crippen molar-refractivity contribution in [3.63, 3.8) is 0 Å². The molecule has 0 amide bonds. The van der Waals surface area contributed by atoms with E-state index in [0.717, 1.165) is 6.92 Å². The first-order valence-corrected chi connectivity index (χ1v) is 18.1. The topological polar surface area (TPSA) is 185 Å². The van der Waals surface area contributed by atoms with Crippen molar-refractivity contribution >= 4 is 11.8 Å². The van der Waals surface area contributed by atoms with E-state index in [2.05, 4.69) is 0 Å². The highest BCUT2D eigenvalue weighted by molar-refractivity contribution is 5.89. The van der Waals surface area contributed by atoms with Crippen molar-refractivity contribution in [2.24, 2.45) is 23.7 Å². The van der Waals surface area contributed by atoms with E-state index in [-0.39, 0.29) is 18.9 Å². The van der Waals surface area contributed by atoms with Crippen molar-refractivity contribution in [2.75, 3.05) is 14.1 Å². The summed E-state index contributed by atoms with van der Waals surface area (Å²) in [7, 11) is 3.61. The van der Waals surface area contributed by atoms with E-state index in [1.807, 2.05) is 11.8 Å². The summed E-state index contributed by atoms with van der Waals surface area (Å²) in [5, 5.41) is 56.4. The number of likely N-dealkylation sites (N-methyl/N-ethyl adjacent to an activating group) is 1. The number of carbonyl (C=O) groups is 2. The Morgan fingerprint density at radius 1 is 0.880 bits per heavy atom. The summed E-state index contributed by atoms with van der Waals surface area (Å²) < 4.78 is 47.5. The van der Waals surface area contributed by atoms with Gasteiger partial charge in [0.1, 0.15) is 18.3 Å². The molecule has 0 aliphatic carbocycles. The van der Waals surface area contributed by atoms with E-state index >= 15 is 4.39 Å². The molecular weight excluding hydrogens is 657 g/mol. The van der Waals surface area contributed by atoms with E-state index < -0.39 is 120 Å². The third-order valence-corrected chi connectivity index (χ3v) is 11.3. The number of ether oxygens (including phenoxy) is 5. The Morgan fingerprint density at radius 2 is 1.48 bits per heavy atom. The van der Waals surface area contributed by atoms with Gasteiger partial charge in [-0.1, -0.05) is 27.7 Å². The Bertz CT molecular complexity index is 1150. The summed E-state index contributed by atoms with van der Waals surface area (Å²) >= 11 is 0. The lowest BCUT2D eigenvalue weighted by atomic mass is 9.73. The van der Waals surface area contributed by atoms with Gasteiger partial charge in [-0.05, 0) is 68.5 Å². The fourth-order valence-corrected chi connectivity index (χ4v) is 8.20. The highest BCUT2D eigenvalue weighted by atomic mass is 19.1. The first-order chi connectivity index (χ1) is 22.9. The van der Waals surface area contributed by atoms with Crippen molar-refractivity contribution < 1.29 is 63.2 Å². The van der Waals surface area contributed by atoms with Gasteiger partial charge in [0.2, 0.25) is 0 Å². The molecule has 3 rings (SSSR count). The van der Waals surface area contributed by atoms with E-state index in [1.54, 1.807) is 48.7 Å². The number of nitrogens with zero attached hydrogens (tertiary/aromatic N) is 1. The number of hydrogen-bond acceptors (Lipinski definition) is 13. The van der Waals surface area contributed by atoms with Crippen LogP contribution in [0, 0.1) is 23.7 Å². The van der Waals surface area contributed by atoms with Crippen LogP contribution < -0.4 is 0 Å². The second-order valence-corrected chi connectivity index (χ2v) is 16.3. The maximum Gasteiger partial charge on any atom is 0.311 e. The van der Waals surface area contributed by atoms with Crippen LogP contribution in [0.25, 0.3) is 0 Å². The largest absolute Gasteiger partial charge is 0.462 e. The van der Waals surface area contributed by atoms with Gasteiger partial charge >= 0.3 is 5.97 Å². The molecule has 0 spiro atoms. The molecular formula is C36H64FNO12. The molecule has 0 aromatic heterocycles. The second kappa shape index (κ2) is 16.4. The third-order valence-electron chi connectivity index (χ3n) is 11.3. The van der Waals surface area contributed by atoms with Crippen molar-refractivity contribution in [1.29, 1.82) is 0 Å². The average Bonchev–Trinajstić information content (AvgIpc) is 3.01. The number of halogens is 1. The molecule has 5 N–H and O–H groups in total. The van der Waals surface area contributed by atoms with E-state index in [9.17, 15) is 35.1 Å². The minimum Gasteiger partial charge on any atom is -0.462 e. The summed E-state index contributed by atoms with van der Waals surface area (Å²) in [6.45, 7) is 15.2. The lowest BCUT2D eigenvalue weighted by Gasteiger charge is -2.48. The monoisotopic (exact) mass is 721 g/mol. The number of rotatable bonds is 6. The summed E-state index contributed by atoms with van der Waals surface area (Å²) in [5.41, 5.74) is -6.42. The summed E-state index contributed by atoms with van der Waals surface area (Å²) in [5.74, 6) is -5.69. The molecule has 3 saturated heterocycles. The van der Waals surface area contributed by atoms with Crippen LogP contribution in [0.4, 0.5) is 4.39 Å². The Kier molecular flexibility index (Phi) is 14.1. The summed E-state index contributed by atoms with van der Waals surface area (Å²) in [4.78, 5) is 29.5. The molecule has 0 bridgehead atoms. The van der Waals surface area contributed by atoms with Crippen molar-refractivity contribution in [2.45, 2.75) is 179 Å². The third kappa shape index (κ3) is 9.42. The minimum atomic E-state index is -2.66. The van der Waals surface area contributed by atoms with Crippen LogP contribution in [-0.4, -0.2) is 141 Å². The van der Waals surface area contributed by atoms with Crippen LogP contribution in [-0.2, 0) is 33.3 Å². The Labute approximate surface area is 296 Å². The highest BCUT2D eigenvalue weighted by Gasteiger charge is 2.54. The lowest BCUT2D eigenvalue weighted by molar-refractivity contribution is -0.317. The zero-order chi connectivity index (χ0) is 38.3. The fraction of sp³-hybridized carbons (Fsp3) is 0.944. The SMILES string of the molecule is CCC1OC(=O)C(C)C(OC2CC(C)(O)C(O)C(C)O2)C(C)C(OC2OC(C)CC(N(C)C)C2O)C(C)(O)CC(C)(F)C(=O)C(C)C(O)C1C. The predicted octanol–water partition coefficient (Wildman–Crippen LogP) is 2.11. The smallest absolute Gasteiger partial charge is 0.311 e. The molecule has 0 saturated carbocycles. The zero-order valence-corrected chi connectivity index (χ0v) is 31.9. The molecule has 3 fully saturated rings. The lowest BCUT2D eigenvalue weighted by Crippen LogP contribution is -2.61. The molecule has 0 aromatic rings. The number of alkyl halides is 1. The number of aliphatic hydroxyl groups is 5. The van der Waals surface area contributed by atoms with Gasteiger partial charge in [-0.25, -0.2) is 4.39 Å². The number of carbonyl (C=O) groups excluding carboxylic acids is 2. The van der Waals surface area contributed by atoms with Crippen molar-refractivity contribution in [3.05, 3.63) is 0 Å². The Morgan fingerprint density at radius 3 is 2.02 bits per heavy atom. The Hall–Kier alpha value is -1.33. The number of cyclic esters (lactones) is 1. The molecule has 14 heteroatoms. The van der Waals surface area contributed by atoms with Crippen molar-refractivity contribution in [1.82, 2.24) is 4.90 Å². The van der Waals surface area contributed by atoms with E-state index in [4.69, 9.17) is 23.7 Å². The zero-order valence-electron chi connectivity index (χ0n) is 31.9. The molecule has 3 heterocycles. The van der Waals surface area contributed by atoms with Crippen LogP contribution in [0.15, 0.2) is 0 Å². The number of ketones is 1. The van der Waals surface area contributed by atoms with E-state index in [0.29, 0.717) is 6.42 Å². The first kappa shape index (κ1) is 43.1. The van der Waals surface area contributed by atoms with Crippen LogP contribution in [0.2, 0.25) is 0 Å². The number of esters is 1. The molecule has 0 aromatic carbocycles. The van der Waals surface area contributed by atoms with Gasteiger partial charge in [-0.15, -0.1) is 0 Å². The summed E-state index contributed by atoms with van der Waals surface area (Å²) in [6.07, 6.45) is -11.1. The predicted molar refractivity (Wildman–Crippen MR) is 180 cm³/mol. The van der Waals surface area contributed by atoms with Gasteiger partial charge in [0, 0.05) is 36.6 Å². The van der Waals surface area contributed by atoms with Crippen LogP contribution in [0.1, 0.15) is 94.9 Å². The Balaban J connectivity index is 2.19. The van der Waals surface area contributed by atoms with Crippen LogP contribution in [0.5, 0.6) is 0 Å². The van der Waals surface area contributed by atoms with Crippen LogP contribution >= 0.6 is 0 Å². The van der Waals surface area contributed by atoms with Crippen LogP contribution in [0.3, 0.4) is 0 Å². The number of hydrogen-bond donors (Lipinski definition) is 5. The maximum atomic E-state index is 16.7. The average molecular weight is 722 g/mol. The van der Waals surface area contributed by atoms with Crippen molar-refractivity contribution in [3.8, 4) is 0 Å². The molecule has 13 nitrogen and oxygen atoms in total. The van der Waals surface area contributed by atoms with E-state index in [1.165, 1.54) is 20.8 Å². The first-order valence-electron chi connectivity index (χ1n) is 18.1. The number of aliphatic hydroxyl groups excluding tert-OH is 3. The molecule has 3 aliphatic rings. The van der Waals surface area contributed by atoms with Gasteiger partial charge in [-0.2, -0.15) is 0 Å². The molecule has 18 unspecified atom stereocenters. The standard InChI is InChI=1S/C36H64FNO12/c1-13-24-18(3)26(39)19(4)29(41)34(8,37)16-36(10,45)31(50-33-27(40)23(38(11)12)14-17(2)46-33)20(5)28(21(6)32(43)48-24)49-25-15-35(9,44)30(42)22(7)47-25/h17-28,30-31,33,39-40,42,44-45H,13-16H2,1-12H3. The van der Waals surface area contributed by atoms with Gasteiger partial charge in [0.15, 0.2) is 24.0 Å². The number of Topliss-reactive ketones (excluding diaryl/α,β-unsaturated/α-hetero) is 1.